The molecule has 0 radical (unpaired) electrons. The molecule has 0 saturated heterocycles. The van der Waals surface area contributed by atoms with Crippen molar-refractivity contribution >= 4 is 18.4 Å². The van der Waals surface area contributed by atoms with Crippen LogP contribution in [0.1, 0.15) is 28.4 Å². The molecular formula is C16H14BF3N2O2. The van der Waals surface area contributed by atoms with Gasteiger partial charge in [-0.25, -0.2) is 0 Å². The van der Waals surface area contributed by atoms with Crippen molar-refractivity contribution in [1.29, 1.82) is 5.41 Å². The van der Waals surface area contributed by atoms with Crippen LogP contribution in [0.5, 0.6) is 0 Å². The number of halogens is 3. The molecule has 0 aromatic heterocycles. The monoisotopic (exact) mass is 334 g/mol. The van der Waals surface area contributed by atoms with Crippen LogP contribution in [-0.4, -0.2) is 18.0 Å². The number of rotatable bonds is 2. The van der Waals surface area contributed by atoms with Gasteiger partial charge in [-0.1, -0.05) is 30.3 Å². The molecule has 1 heterocycles. The van der Waals surface area contributed by atoms with E-state index in [0.29, 0.717) is 17.5 Å². The second-order valence-corrected chi connectivity index (χ2v) is 5.63. The van der Waals surface area contributed by atoms with Crippen LogP contribution in [0.2, 0.25) is 0 Å². The minimum Gasteiger partial charge on any atom is -0.423 e. The summed E-state index contributed by atoms with van der Waals surface area (Å²) >= 11 is 0. The van der Waals surface area contributed by atoms with E-state index in [1.807, 2.05) is 0 Å². The SMILES string of the molecule is N=C(N)c1ccc(C2Cc3ccc(C(F)(F)F)cc3B(O)O2)cc1. The van der Waals surface area contributed by atoms with Crippen LogP contribution in [-0.2, 0) is 17.3 Å². The van der Waals surface area contributed by atoms with Crippen LogP contribution in [0.15, 0.2) is 42.5 Å². The Labute approximate surface area is 136 Å². The van der Waals surface area contributed by atoms with E-state index in [1.54, 1.807) is 24.3 Å². The minimum absolute atomic E-state index is 0.0591. The average molecular weight is 334 g/mol. The molecule has 0 aliphatic carbocycles. The molecule has 4 nitrogen and oxygen atoms in total. The average Bonchev–Trinajstić information content (AvgIpc) is 2.53. The number of alkyl halides is 3. The first-order valence-electron chi connectivity index (χ1n) is 7.23. The maximum Gasteiger partial charge on any atom is 0.491 e. The molecular weight excluding hydrogens is 320 g/mol. The lowest BCUT2D eigenvalue weighted by atomic mass is 9.71. The lowest BCUT2D eigenvalue weighted by Crippen LogP contribution is -2.43. The summed E-state index contributed by atoms with van der Waals surface area (Å²) in [5.74, 6) is -0.0591. The summed E-state index contributed by atoms with van der Waals surface area (Å²) in [6.45, 7) is 0. The number of nitrogens with one attached hydrogen (secondary N) is 1. The van der Waals surface area contributed by atoms with Gasteiger partial charge < -0.3 is 15.4 Å². The van der Waals surface area contributed by atoms with Crippen molar-refractivity contribution in [2.75, 3.05) is 0 Å². The zero-order chi connectivity index (χ0) is 17.5. The molecule has 1 atom stereocenters. The third kappa shape index (κ3) is 3.15. The van der Waals surface area contributed by atoms with Gasteiger partial charge in [0, 0.05) is 12.0 Å². The fourth-order valence-corrected chi connectivity index (χ4v) is 2.74. The Balaban J connectivity index is 1.88. The smallest absolute Gasteiger partial charge is 0.423 e. The molecule has 4 N–H and O–H groups in total. The van der Waals surface area contributed by atoms with E-state index in [1.165, 1.54) is 6.07 Å². The van der Waals surface area contributed by atoms with Crippen molar-refractivity contribution in [3.8, 4) is 0 Å². The summed E-state index contributed by atoms with van der Waals surface area (Å²) in [4.78, 5) is 0. The third-order valence-corrected chi connectivity index (χ3v) is 4.03. The number of hydrogen-bond donors (Lipinski definition) is 3. The molecule has 1 unspecified atom stereocenters. The Morgan fingerprint density at radius 2 is 1.88 bits per heavy atom. The highest BCUT2D eigenvalue weighted by Crippen LogP contribution is 2.31. The van der Waals surface area contributed by atoms with E-state index in [0.717, 1.165) is 17.7 Å². The number of hydrogen-bond acceptors (Lipinski definition) is 3. The number of nitrogens with two attached hydrogens (primary N) is 1. The minimum atomic E-state index is -4.46. The summed E-state index contributed by atoms with van der Waals surface area (Å²) in [6.07, 6.45) is -4.59. The quantitative estimate of drug-likeness (QED) is 0.446. The molecule has 0 fully saturated rings. The second-order valence-electron chi connectivity index (χ2n) is 5.63. The highest BCUT2D eigenvalue weighted by Gasteiger charge is 2.36. The van der Waals surface area contributed by atoms with E-state index in [2.05, 4.69) is 0 Å². The van der Waals surface area contributed by atoms with Gasteiger partial charge >= 0.3 is 13.3 Å². The first-order valence-corrected chi connectivity index (χ1v) is 7.23. The molecule has 0 saturated carbocycles. The van der Waals surface area contributed by atoms with E-state index >= 15 is 0 Å². The van der Waals surface area contributed by atoms with Gasteiger partial charge in [0.05, 0.1) is 11.7 Å². The Kier molecular flexibility index (Phi) is 4.10. The van der Waals surface area contributed by atoms with Crippen molar-refractivity contribution in [3.05, 3.63) is 64.7 Å². The normalized spacial score (nSPS) is 17.5. The Morgan fingerprint density at radius 1 is 1.21 bits per heavy atom. The largest absolute Gasteiger partial charge is 0.491 e. The molecule has 1 aliphatic heterocycles. The highest BCUT2D eigenvalue weighted by atomic mass is 19.4. The maximum atomic E-state index is 12.8. The van der Waals surface area contributed by atoms with Crippen LogP contribution in [0, 0.1) is 5.41 Å². The fraction of sp³-hybridized carbons (Fsp3) is 0.188. The van der Waals surface area contributed by atoms with E-state index in [-0.39, 0.29) is 11.3 Å². The fourth-order valence-electron chi connectivity index (χ4n) is 2.74. The van der Waals surface area contributed by atoms with Crippen LogP contribution in [0.4, 0.5) is 13.2 Å². The van der Waals surface area contributed by atoms with E-state index in [9.17, 15) is 18.2 Å². The van der Waals surface area contributed by atoms with Crippen molar-refractivity contribution in [3.63, 3.8) is 0 Å². The summed E-state index contributed by atoms with van der Waals surface area (Å²) in [5.41, 5.74) is 6.65. The first kappa shape index (κ1) is 16.5. The predicted octanol–water partition coefficient (Wildman–Crippen LogP) is 1.99. The molecule has 0 amide bonds. The van der Waals surface area contributed by atoms with E-state index in [4.69, 9.17) is 15.8 Å². The van der Waals surface area contributed by atoms with Crippen LogP contribution >= 0.6 is 0 Å². The van der Waals surface area contributed by atoms with Crippen LogP contribution in [0.3, 0.4) is 0 Å². The van der Waals surface area contributed by atoms with Gasteiger partial charge in [-0.2, -0.15) is 13.2 Å². The Hall–Kier alpha value is -2.32. The molecule has 24 heavy (non-hydrogen) atoms. The third-order valence-electron chi connectivity index (χ3n) is 4.03. The van der Waals surface area contributed by atoms with Crippen molar-refractivity contribution in [1.82, 2.24) is 0 Å². The summed E-state index contributed by atoms with van der Waals surface area (Å²) in [6, 6.07) is 10.1. The molecule has 2 aromatic rings. The zero-order valence-electron chi connectivity index (χ0n) is 12.5. The maximum absolute atomic E-state index is 12.8. The van der Waals surface area contributed by atoms with Gasteiger partial charge in [-0.05, 0) is 28.7 Å². The van der Waals surface area contributed by atoms with Gasteiger partial charge in [0.25, 0.3) is 0 Å². The molecule has 3 rings (SSSR count). The number of nitrogen functional groups attached to an aromatic ring is 1. The van der Waals surface area contributed by atoms with E-state index < -0.39 is 25.0 Å². The summed E-state index contributed by atoms with van der Waals surface area (Å²) in [7, 11) is -1.42. The Bertz CT molecular complexity index is 778. The Morgan fingerprint density at radius 3 is 2.46 bits per heavy atom. The first-order chi connectivity index (χ1) is 11.3. The molecule has 2 aromatic carbocycles. The highest BCUT2D eigenvalue weighted by molar-refractivity contribution is 6.61. The van der Waals surface area contributed by atoms with Crippen molar-refractivity contribution < 1.29 is 22.8 Å². The second kappa shape index (κ2) is 5.96. The molecule has 124 valence electrons. The predicted molar refractivity (Wildman–Crippen MR) is 84.0 cm³/mol. The summed E-state index contributed by atoms with van der Waals surface area (Å²) < 4.78 is 43.8. The van der Waals surface area contributed by atoms with Crippen LogP contribution in [0.25, 0.3) is 0 Å². The molecule has 0 spiro atoms. The van der Waals surface area contributed by atoms with Gasteiger partial charge in [-0.3, -0.25) is 5.41 Å². The number of benzene rings is 2. The van der Waals surface area contributed by atoms with Crippen molar-refractivity contribution in [2.24, 2.45) is 5.73 Å². The lowest BCUT2D eigenvalue weighted by molar-refractivity contribution is -0.137. The lowest BCUT2D eigenvalue weighted by Gasteiger charge is -2.28. The molecule has 0 bridgehead atoms. The standard InChI is InChI=1S/C16H14BF3N2O2/c18-16(19,20)12-6-5-11-7-14(24-17(23)13(11)8-12)9-1-3-10(4-2-9)15(21)22/h1-6,8,14,23H,7H2,(H3,21,22). The van der Waals surface area contributed by atoms with Gasteiger partial charge in [0.1, 0.15) is 5.84 Å². The number of amidine groups is 1. The van der Waals surface area contributed by atoms with Crippen molar-refractivity contribution in [2.45, 2.75) is 18.7 Å². The van der Waals surface area contributed by atoms with Gasteiger partial charge in [-0.15, -0.1) is 0 Å². The molecule has 1 aliphatic rings. The summed E-state index contributed by atoms with van der Waals surface area (Å²) in [5, 5.41) is 17.4. The number of fused-ring (bicyclic) bond motifs is 1. The van der Waals surface area contributed by atoms with Gasteiger partial charge in [0.15, 0.2) is 0 Å². The topological polar surface area (TPSA) is 79.3 Å². The molecule has 8 heteroatoms. The zero-order valence-corrected chi connectivity index (χ0v) is 12.5. The van der Waals surface area contributed by atoms with Crippen LogP contribution < -0.4 is 11.2 Å². The van der Waals surface area contributed by atoms with Gasteiger partial charge in [0.2, 0.25) is 0 Å².